The predicted molar refractivity (Wildman–Crippen MR) is 77.2 cm³/mol. The van der Waals surface area contributed by atoms with Gasteiger partial charge in [0.1, 0.15) is 0 Å². The van der Waals surface area contributed by atoms with Gasteiger partial charge in [-0.3, -0.25) is 14.4 Å². The van der Waals surface area contributed by atoms with Gasteiger partial charge in [0.2, 0.25) is 5.91 Å². The molecule has 21 heavy (non-hydrogen) atoms. The summed E-state index contributed by atoms with van der Waals surface area (Å²) in [5.74, 6) is -1.67. The number of ether oxygens (including phenoxy) is 1. The number of carbonyl (C=O) groups is 3. The number of rotatable bonds is 6. The van der Waals surface area contributed by atoms with Crippen LogP contribution in [0.2, 0.25) is 0 Å². The lowest BCUT2D eigenvalue weighted by molar-refractivity contribution is -0.147. The molecule has 7 heteroatoms. The topological polar surface area (TPSA) is 102 Å². The molecular weight excluding hydrogens is 274 g/mol. The molecule has 0 aromatic carbocycles. The Hall–Kier alpha value is -1.63. The minimum absolute atomic E-state index is 0.161. The van der Waals surface area contributed by atoms with Crippen molar-refractivity contribution in [3.63, 3.8) is 0 Å². The van der Waals surface area contributed by atoms with Crippen LogP contribution in [-0.2, 0) is 19.1 Å². The van der Waals surface area contributed by atoms with Crippen LogP contribution in [0.4, 0.5) is 0 Å². The average Bonchev–Trinajstić information content (AvgIpc) is 2.45. The molecule has 0 unspecified atom stereocenters. The number of likely N-dealkylation sites (tertiary alicyclic amines) is 1. The summed E-state index contributed by atoms with van der Waals surface area (Å²) in [6.07, 6.45) is 1.88. The largest absolute Gasteiger partial charge is 0.379 e. The molecule has 0 aliphatic carbocycles. The normalized spacial score (nSPS) is 16.0. The molecular formula is C14H25N3O4. The summed E-state index contributed by atoms with van der Waals surface area (Å²) in [5, 5.41) is 2.59. The summed E-state index contributed by atoms with van der Waals surface area (Å²) in [6, 6.07) is 0. The van der Waals surface area contributed by atoms with E-state index >= 15 is 0 Å². The number of amides is 3. The first-order valence-corrected chi connectivity index (χ1v) is 7.39. The van der Waals surface area contributed by atoms with E-state index in [9.17, 15) is 14.4 Å². The Labute approximate surface area is 125 Å². The number of nitrogens with one attached hydrogen (secondary N) is 1. The van der Waals surface area contributed by atoms with Gasteiger partial charge in [-0.1, -0.05) is 0 Å². The Kier molecular flexibility index (Phi) is 7.14. The number of nitrogens with zero attached hydrogens (tertiary/aromatic N) is 1. The van der Waals surface area contributed by atoms with Crippen molar-refractivity contribution in [2.45, 2.75) is 39.2 Å². The van der Waals surface area contributed by atoms with Crippen LogP contribution in [0, 0.1) is 5.92 Å². The maximum Gasteiger partial charge on any atom is 0.311 e. The van der Waals surface area contributed by atoms with E-state index in [0.717, 1.165) is 0 Å². The third-order valence-electron chi connectivity index (χ3n) is 3.44. The molecule has 0 radical (unpaired) electrons. The van der Waals surface area contributed by atoms with Crippen molar-refractivity contribution >= 4 is 17.7 Å². The van der Waals surface area contributed by atoms with Gasteiger partial charge in [0, 0.05) is 32.2 Å². The molecule has 120 valence electrons. The molecule has 0 atom stereocenters. The minimum atomic E-state index is -0.600. The van der Waals surface area contributed by atoms with Crippen LogP contribution in [0.5, 0.6) is 0 Å². The molecule has 7 nitrogen and oxygen atoms in total. The minimum Gasteiger partial charge on any atom is -0.379 e. The van der Waals surface area contributed by atoms with E-state index in [4.69, 9.17) is 10.5 Å². The summed E-state index contributed by atoms with van der Waals surface area (Å²) in [6.45, 7) is 5.65. The third kappa shape index (κ3) is 6.12. The standard InChI is InChI=1S/C14H25N3O4/c1-10(2)21-9-3-6-16-13(19)14(20)17-7-4-11(5-8-17)12(15)18/h10-11H,3-9H2,1-2H3,(H2,15,18)(H,16,19). The fourth-order valence-corrected chi connectivity index (χ4v) is 2.18. The first-order valence-electron chi connectivity index (χ1n) is 7.39. The van der Waals surface area contributed by atoms with E-state index in [2.05, 4.69) is 5.32 Å². The van der Waals surface area contributed by atoms with E-state index in [0.29, 0.717) is 45.5 Å². The van der Waals surface area contributed by atoms with Crippen LogP contribution >= 0.6 is 0 Å². The molecule has 1 aliphatic heterocycles. The smallest absolute Gasteiger partial charge is 0.311 e. The number of primary amides is 1. The van der Waals surface area contributed by atoms with Gasteiger partial charge in [-0.25, -0.2) is 0 Å². The second kappa shape index (κ2) is 8.61. The number of hydrogen-bond donors (Lipinski definition) is 2. The summed E-state index contributed by atoms with van der Waals surface area (Å²) < 4.78 is 5.34. The van der Waals surface area contributed by atoms with E-state index in [1.54, 1.807) is 0 Å². The van der Waals surface area contributed by atoms with E-state index in [1.807, 2.05) is 13.8 Å². The first kappa shape index (κ1) is 17.4. The van der Waals surface area contributed by atoms with Crippen molar-refractivity contribution in [1.82, 2.24) is 10.2 Å². The Balaban J connectivity index is 2.22. The zero-order valence-corrected chi connectivity index (χ0v) is 12.8. The molecule has 0 saturated carbocycles. The van der Waals surface area contributed by atoms with Crippen LogP contribution in [0.15, 0.2) is 0 Å². The van der Waals surface area contributed by atoms with Gasteiger partial charge in [-0.2, -0.15) is 0 Å². The van der Waals surface area contributed by atoms with Gasteiger partial charge in [0.05, 0.1) is 6.10 Å². The monoisotopic (exact) mass is 299 g/mol. The van der Waals surface area contributed by atoms with Gasteiger partial charge in [-0.15, -0.1) is 0 Å². The van der Waals surface area contributed by atoms with Crippen LogP contribution < -0.4 is 11.1 Å². The Morgan fingerprint density at radius 2 is 1.90 bits per heavy atom. The molecule has 1 fully saturated rings. The Bertz CT molecular complexity index is 376. The van der Waals surface area contributed by atoms with Gasteiger partial charge in [0.15, 0.2) is 0 Å². The molecule has 0 aromatic rings. The molecule has 3 N–H and O–H groups in total. The zero-order valence-electron chi connectivity index (χ0n) is 12.8. The second-order valence-electron chi connectivity index (χ2n) is 5.50. The molecule has 1 aliphatic rings. The molecule has 3 amide bonds. The highest BCUT2D eigenvalue weighted by atomic mass is 16.5. The number of piperidine rings is 1. The molecule has 1 saturated heterocycles. The third-order valence-corrected chi connectivity index (χ3v) is 3.44. The molecule has 1 rings (SSSR count). The van der Waals surface area contributed by atoms with Crippen LogP contribution in [-0.4, -0.2) is 55.0 Å². The van der Waals surface area contributed by atoms with E-state index < -0.39 is 11.8 Å². The fourth-order valence-electron chi connectivity index (χ4n) is 2.18. The van der Waals surface area contributed by atoms with E-state index in [-0.39, 0.29) is 17.9 Å². The van der Waals surface area contributed by atoms with Gasteiger partial charge < -0.3 is 20.7 Å². The molecule has 1 heterocycles. The van der Waals surface area contributed by atoms with Crippen LogP contribution in [0.3, 0.4) is 0 Å². The maximum atomic E-state index is 11.9. The quantitative estimate of drug-likeness (QED) is 0.516. The molecule has 0 spiro atoms. The highest BCUT2D eigenvalue weighted by Crippen LogP contribution is 2.16. The zero-order chi connectivity index (χ0) is 15.8. The summed E-state index contributed by atoms with van der Waals surface area (Å²) in [4.78, 5) is 36.1. The van der Waals surface area contributed by atoms with Crippen molar-refractivity contribution < 1.29 is 19.1 Å². The van der Waals surface area contributed by atoms with Crippen LogP contribution in [0.1, 0.15) is 33.1 Å². The molecule has 0 bridgehead atoms. The van der Waals surface area contributed by atoms with Crippen molar-refractivity contribution in [3.8, 4) is 0 Å². The fraction of sp³-hybridized carbons (Fsp3) is 0.786. The van der Waals surface area contributed by atoms with Gasteiger partial charge in [0.25, 0.3) is 0 Å². The first-order chi connectivity index (χ1) is 9.91. The van der Waals surface area contributed by atoms with E-state index in [1.165, 1.54) is 4.90 Å². The van der Waals surface area contributed by atoms with Crippen molar-refractivity contribution in [2.75, 3.05) is 26.2 Å². The van der Waals surface area contributed by atoms with Gasteiger partial charge in [-0.05, 0) is 33.1 Å². The Morgan fingerprint density at radius 3 is 2.43 bits per heavy atom. The maximum absolute atomic E-state index is 11.9. The second-order valence-corrected chi connectivity index (χ2v) is 5.50. The summed E-state index contributed by atoms with van der Waals surface area (Å²) in [5.41, 5.74) is 5.23. The lowest BCUT2D eigenvalue weighted by Crippen LogP contribution is -2.48. The number of nitrogens with two attached hydrogens (primary N) is 1. The lowest BCUT2D eigenvalue weighted by atomic mass is 9.96. The summed E-state index contributed by atoms with van der Waals surface area (Å²) >= 11 is 0. The van der Waals surface area contributed by atoms with Crippen molar-refractivity contribution in [3.05, 3.63) is 0 Å². The average molecular weight is 299 g/mol. The molecule has 0 aromatic heterocycles. The highest BCUT2D eigenvalue weighted by molar-refractivity contribution is 6.35. The van der Waals surface area contributed by atoms with Crippen LogP contribution in [0.25, 0.3) is 0 Å². The predicted octanol–water partition coefficient (Wildman–Crippen LogP) is -0.358. The number of hydrogen-bond acceptors (Lipinski definition) is 4. The lowest BCUT2D eigenvalue weighted by Gasteiger charge is -2.29. The summed E-state index contributed by atoms with van der Waals surface area (Å²) in [7, 11) is 0. The highest BCUT2D eigenvalue weighted by Gasteiger charge is 2.28. The van der Waals surface area contributed by atoms with Crippen molar-refractivity contribution in [1.29, 1.82) is 0 Å². The SMILES string of the molecule is CC(C)OCCCNC(=O)C(=O)N1CCC(C(N)=O)CC1. The van der Waals surface area contributed by atoms with Crippen molar-refractivity contribution in [2.24, 2.45) is 11.7 Å². The number of carbonyl (C=O) groups excluding carboxylic acids is 3. The van der Waals surface area contributed by atoms with Gasteiger partial charge >= 0.3 is 11.8 Å². The Morgan fingerprint density at radius 1 is 1.29 bits per heavy atom.